The number of rotatable bonds is 11. The van der Waals surface area contributed by atoms with Crippen LogP contribution in [0.4, 0.5) is 33.7 Å². The van der Waals surface area contributed by atoms with Crippen LogP contribution < -0.4 is 20.4 Å². The smallest absolute Gasteiger partial charge is 0.247 e. The molecule has 3 aromatic heterocycles. The molecule has 6 rings (SSSR count). The van der Waals surface area contributed by atoms with Crippen LogP contribution in [0.25, 0.3) is 0 Å². The maximum absolute atomic E-state index is 13.4. The van der Waals surface area contributed by atoms with E-state index in [1.54, 1.807) is 14.2 Å². The Kier molecular flexibility index (Phi) is 8.39. The molecule has 2 atom stereocenters. The predicted octanol–water partition coefficient (Wildman–Crippen LogP) is 1.75. The third kappa shape index (κ3) is 6.58. The van der Waals surface area contributed by atoms with Crippen LogP contribution in [0.3, 0.4) is 0 Å². The Bertz CT molecular complexity index is 1360. The lowest BCUT2D eigenvalue weighted by molar-refractivity contribution is -0.117. The molecule has 42 heavy (non-hydrogen) atoms. The quantitative estimate of drug-likeness (QED) is 0.283. The number of anilines is 5. The first-order chi connectivity index (χ1) is 20.5. The SMILES string of the molecule is COCCN1CCN(c2nc(Nc3cc(C4CC4)n[nH]3)nc(N3C[C@@H](OC)C[C@H]3C(=O)Nc3ccc(F)nc3)n2)CC1. The van der Waals surface area contributed by atoms with E-state index in [-0.39, 0.29) is 12.0 Å². The van der Waals surface area contributed by atoms with Gasteiger partial charge in [-0.2, -0.15) is 24.4 Å². The van der Waals surface area contributed by atoms with Crippen molar-refractivity contribution in [3.05, 3.63) is 36.0 Å². The van der Waals surface area contributed by atoms with Gasteiger partial charge in [0.25, 0.3) is 0 Å². The van der Waals surface area contributed by atoms with Crippen LogP contribution in [-0.2, 0) is 14.3 Å². The van der Waals surface area contributed by atoms with Crippen LogP contribution in [0.1, 0.15) is 30.9 Å². The van der Waals surface area contributed by atoms with Gasteiger partial charge in [-0.15, -0.1) is 0 Å². The first-order valence-corrected chi connectivity index (χ1v) is 14.3. The van der Waals surface area contributed by atoms with Gasteiger partial charge in [-0.1, -0.05) is 0 Å². The third-order valence-electron chi connectivity index (χ3n) is 7.87. The Morgan fingerprint density at radius 3 is 2.64 bits per heavy atom. The second-order valence-electron chi connectivity index (χ2n) is 10.8. The molecule has 2 saturated heterocycles. The van der Waals surface area contributed by atoms with E-state index in [2.05, 4.69) is 35.6 Å². The largest absolute Gasteiger partial charge is 0.383 e. The van der Waals surface area contributed by atoms with Gasteiger partial charge in [0.1, 0.15) is 11.9 Å². The summed E-state index contributed by atoms with van der Waals surface area (Å²) in [6, 6.07) is 4.04. The van der Waals surface area contributed by atoms with Gasteiger partial charge in [0.05, 0.1) is 30.3 Å². The predicted molar refractivity (Wildman–Crippen MR) is 154 cm³/mol. The summed E-state index contributed by atoms with van der Waals surface area (Å²) in [6.45, 7) is 5.16. The van der Waals surface area contributed by atoms with Crippen molar-refractivity contribution in [1.82, 2.24) is 35.0 Å². The van der Waals surface area contributed by atoms with Crippen LogP contribution in [0, 0.1) is 5.95 Å². The fraction of sp³-hybridized carbons (Fsp3) is 0.556. The first-order valence-electron chi connectivity index (χ1n) is 14.3. The zero-order chi connectivity index (χ0) is 29.1. The molecule has 3 aromatic rings. The molecule has 0 aromatic carbocycles. The highest BCUT2D eigenvalue weighted by Gasteiger charge is 2.39. The summed E-state index contributed by atoms with van der Waals surface area (Å²) in [7, 11) is 3.33. The van der Waals surface area contributed by atoms with Crippen molar-refractivity contribution in [2.45, 2.75) is 37.3 Å². The molecule has 3 N–H and O–H groups in total. The molecular formula is C27H36FN11O3. The van der Waals surface area contributed by atoms with E-state index < -0.39 is 12.0 Å². The van der Waals surface area contributed by atoms with E-state index >= 15 is 0 Å². The Morgan fingerprint density at radius 2 is 1.93 bits per heavy atom. The van der Waals surface area contributed by atoms with Crippen LogP contribution in [0.5, 0.6) is 0 Å². The Morgan fingerprint density at radius 1 is 1.12 bits per heavy atom. The van der Waals surface area contributed by atoms with Gasteiger partial charge >= 0.3 is 0 Å². The number of carbonyl (C=O) groups excluding carboxylic acids is 1. The zero-order valence-electron chi connectivity index (χ0n) is 23.8. The Labute approximate surface area is 243 Å². The fourth-order valence-electron chi connectivity index (χ4n) is 5.29. The average Bonchev–Trinajstić information content (AvgIpc) is 3.59. The number of carbonyl (C=O) groups is 1. The number of halogens is 1. The van der Waals surface area contributed by atoms with Crippen LogP contribution in [0.15, 0.2) is 24.4 Å². The molecule has 15 heteroatoms. The summed E-state index contributed by atoms with van der Waals surface area (Å²) in [4.78, 5) is 37.8. The lowest BCUT2D eigenvalue weighted by atomic mass is 10.2. The summed E-state index contributed by atoms with van der Waals surface area (Å²) in [6.07, 6.45) is 3.81. The summed E-state index contributed by atoms with van der Waals surface area (Å²) in [5.74, 6) is 1.54. The van der Waals surface area contributed by atoms with Crippen molar-refractivity contribution in [2.24, 2.45) is 0 Å². The summed E-state index contributed by atoms with van der Waals surface area (Å²) >= 11 is 0. The highest BCUT2D eigenvalue weighted by atomic mass is 19.1. The van der Waals surface area contributed by atoms with Gasteiger partial charge in [-0.3, -0.25) is 14.8 Å². The maximum atomic E-state index is 13.4. The second kappa shape index (κ2) is 12.5. The summed E-state index contributed by atoms with van der Waals surface area (Å²) < 4.78 is 24.2. The number of nitrogens with zero attached hydrogens (tertiary/aromatic N) is 8. The minimum Gasteiger partial charge on any atom is -0.383 e. The number of H-pyrrole nitrogens is 1. The lowest BCUT2D eigenvalue weighted by Crippen LogP contribution is -2.48. The number of nitrogens with one attached hydrogen (secondary N) is 3. The van der Waals surface area contributed by atoms with Crippen LogP contribution in [0.2, 0.25) is 0 Å². The molecule has 0 radical (unpaired) electrons. The standard InChI is InChI=1S/C27H36FN11O3/c1-41-12-11-37-7-9-38(10-8-37)26-32-25(31-23-14-20(35-36-23)17-3-4-17)33-27(34-26)39-16-19(42-2)13-21(39)24(40)30-18-5-6-22(28)29-15-18/h5-6,14-15,17,19,21H,3-4,7-13,16H2,1-2H3,(H,30,40)(H2,31,32,33,34,35,36)/t19-,21-/m0/s1. The number of methoxy groups -OCH3 is 2. The summed E-state index contributed by atoms with van der Waals surface area (Å²) in [5.41, 5.74) is 1.42. The van der Waals surface area contributed by atoms with Gasteiger partial charge in [-0.25, -0.2) is 4.98 Å². The van der Waals surface area contributed by atoms with Crippen LogP contribution in [-0.4, -0.2) is 113 Å². The number of amides is 1. The molecular weight excluding hydrogens is 545 g/mol. The van der Waals surface area contributed by atoms with Crippen molar-refractivity contribution in [2.75, 3.05) is 80.5 Å². The third-order valence-corrected chi connectivity index (χ3v) is 7.87. The minimum absolute atomic E-state index is 0.207. The molecule has 1 amide bonds. The van der Waals surface area contributed by atoms with Gasteiger partial charge in [0, 0.05) is 71.9 Å². The first kappa shape index (κ1) is 28.2. The van der Waals surface area contributed by atoms with Crippen molar-refractivity contribution < 1.29 is 18.7 Å². The van der Waals surface area contributed by atoms with E-state index in [1.165, 1.54) is 18.3 Å². The Balaban J connectivity index is 1.27. The average molecular weight is 582 g/mol. The number of aromatic nitrogens is 6. The number of ether oxygens (including phenoxy) is 2. The molecule has 0 spiro atoms. The molecule has 1 saturated carbocycles. The maximum Gasteiger partial charge on any atom is 0.247 e. The minimum atomic E-state index is -0.623. The zero-order valence-corrected chi connectivity index (χ0v) is 23.8. The Hall–Kier alpha value is -3.95. The van der Waals surface area contributed by atoms with E-state index in [1.807, 2.05) is 11.0 Å². The van der Waals surface area contributed by atoms with Gasteiger partial charge in [0.2, 0.25) is 29.7 Å². The molecule has 0 unspecified atom stereocenters. The number of hydrogen-bond donors (Lipinski definition) is 3. The molecule has 3 fully saturated rings. The van der Waals surface area contributed by atoms with Gasteiger partial charge < -0.3 is 29.9 Å². The van der Waals surface area contributed by atoms with Crippen molar-refractivity contribution in [3.8, 4) is 0 Å². The van der Waals surface area contributed by atoms with Gasteiger partial charge in [0.15, 0.2) is 0 Å². The molecule has 3 aliphatic rings. The molecule has 5 heterocycles. The highest BCUT2D eigenvalue weighted by Crippen LogP contribution is 2.39. The fourth-order valence-corrected chi connectivity index (χ4v) is 5.29. The monoisotopic (exact) mass is 581 g/mol. The van der Waals surface area contributed by atoms with Crippen molar-refractivity contribution in [1.29, 1.82) is 0 Å². The normalized spacial score (nSPS) is 21.1. The van der Waals surface area contributed by atoms with E-state index in [0.29, 0.717) is 54.8 Å². The second-order valence-corrected chi connectivity index (χ2v) is 10.8. The molecule has 14 nitrogen and oxygen atoms in total. The molecule has 0 bridgehead atoms. The van der Waals surface area contributed by atoms with Crippen molar-refractivity contribution in [3.63, 3.8) is 0 Å². The number of aromatic amines is 1. The molecule has 1 aliphatic carbocycles. The number of hydrogen-bond acceptors (Lipinski definition) is 12. The lowest BCUT2D eigenvalue weighted by Gasteiger charge is -2.35. The number of piperazine rings is 1. The summed E-state index contributed by atoms with van der Waals surface area (Å²) in [5, 5.41) is 13.6. The van der Waals surface area contributed by atoms with E-state index in [4.69, 9.17) is 24.4 Å². The van der Waals surface area contributed by atoms with Crippen LogP contribution >= 0.6 is 0 Å². The van der Waals surface area contributed by atoms with Gasteiger partial charge in [-0.05, 0) is 25.0 Å². The van der Waals surface area contributed by atoms with E-state index in [0.717, 1.165) is 51.3 Å². The molecule has 224 valence electrons. The topological polar surface area (TPSA) is 150 Å². The van der Waals surface area contributed by atoms with E-state index in [9.17, 15) is 9.18 Å². The van der Waals surface area contributed by atoms with Crippen molar-refractivity contribution >= 4 is 35.3 Å². The number of pyridine rings is 1. The highest BCUT2D eigenvalue weighted by molar-refractivity contribution is 5.97. The molecule has 2 aliphatic heterocycles.